The summed E-state index contributed by atoms with van der Waals surface area (Å²) in [4.78, 5) is 21.3. The number of aromatic nitrogens is 2. The van der Waals surface area contributed by atoms with Gasteiger partial charge in [0.15, 0.2) is 17.3 Å². The largest absolute Gasteiger partial charge is 0.486 e. The fourth-order valence-corrected chi connectivity index (χ4v) is 2.97. The van der Waals surface area contributed by atoms with Gasteiger partial charge in [0.05, 0.1) is 29.9 Å². The van der Waals surface area contributed by atoms with Crippen LogP contribution < -0.4 is 9.47 Å². The second-order valence-corrected chi connectivity index (χ2v) is 6.45. The second-order valence-electron chi connectivity index (χ2n) is 6.45. The molecule has 4 aromatic rings. The highest BCUT2D eigenvalue weighted by Gasteiger charge is 2.23. The summed E-state index contributed by atoms with van der Waals surface area (Å²) >= 11 is 0. The van der Waals surface area contributed by atoms with E-state index in [4.69, 9.17) is 9.47 Å². The number of halogens is 2. The lowest BCUT2D eigenvalue weighted by molar-refractivity contribution is 0.103. The Hall–Kier alpha value is -3.87. The molecule has 0 unspecified atom stereocenters. The Balaban J connectivity index is 1.67. The highest BCUT2D eigenvalue weighted by atomic mass is 19.1. The molecule has 5 nitrogen and oxygen atoms in total. The van der Waals surface area contributed by atoms with Gasteiger partial charge in [-0.1, -0.05) is 30.3 Å². The average Bonchev–Trinajstić information content (AvgIpc) is 2.78. The first-order chi connectivity index (χ1) is 14.6. The van der Waals surface area contributed by atoms with Crippen LogP contribution in [-0.2, 0) is 6.61 Å². The van der Waals surface area contributed by atoms with Gasteiger partial charge in [0, 0.05) is 5.56 Å². The van der Waals surface area contributed by atoms with E-state index in [1.54, 1.807) is 6.07 Å². The third-order valence-electron chi connectivity index (χ3n) is 4.51. The molecule has 0 atom stereocenters. The van der Waals surface area contributed by atoms with E-state index in [2.05, 4.69) is 9.97 Å². The van der Waals surface area contributed by atoms with Crippen molar-refractivity contribution in [3.8, 4) is 11.6 Å². The van der Waals surface area contributed by atoms with Crippen molar-refractivity contribution in [1.29, 1.82) is 0 Å². The van der Waals surface area contributed by atoms with Gasteiger partial charge in [-0.25, -0.2) is 18.7 Å². The average molecular weight is 406 g/mol. The molecule has 0 saturated heterocycles. The van der Waals surface area contributed by atoms with Crippen molar-refractivity contribution in [2.45, 2.75) is 6.61 Å². The van der Waals surface area contributed by atoms with E-state index in [0.717, 1.165) is 11.6 Å². The Kier molecular flexibility index (Phi) is 5.34. The minimum atomic E-state index is -1.05. The molecule has 0 aliphatic heterocycles. The maximum absolute atomic E-state index is 15.0. The Morgan fingerprint density at radius 2 is 1.80 bits per heavy atom. The van der Waals surface area contributed by atoms with Crippen molar-refractivity contribution in [2.75, 3.05) is 7.11 Å². The SMILES string of the molecule is COc1cnc2ccc(C(=O)c3c(F)ccc(OCc4ccccc4)c3F)cc2n1. The van der Waals surface area contributed by atoms with Gasteiger partial charge in [0.2, 0.25) is 5.88 Å². The normalized spacial score (nSPS) is 10.8. The van der Waals surface area contributed by atoms with Gasteiger partial charge in [0.1, 0.15) is 12.4 Å². The maximum atomic E-state index is 15.0. The maximum Gasteiger partial charge on any atom is 0.232 e. The van der Waals surface area contributed by atoms with Crippen LogP contribution in [0.25, 0.3) is 11.0 Å². The predicted octanol–water partition coefficient (Wildman–Crippen LogP) is 4.73. The number of ketones is 1. The number of carbonyl (C=O) groups is 1. The highest BCUT2D eigenvalue weighted by molar-refractivity contribution is 6.10. The summed E-state index contributed by atoms with van der Waals surface area (Å²) in [6.07, 6.45) is 1.44. The number of hydrogen-bond acceptors (Lipinski definition) is 5. The van der Waals surface area contributed by atoms with Crippen LogP contribution in [0.5, 0.6) is 11.6 Å². The van der Waals surface area contributed by atoms with Gasteiger partial charge >= 0.3 is 0 Å². The lowest BCUT2D eigenvalue weighted by Crippen LogP contribution is -2.10. The summed E-state index contributed by atoms with van der Waals surface area (Å²) in [7, 11) is 1.44. The molecule has 4 rings (SSSR count). The van der Waals surface area contributed by atoms with Crippen molar-refractivity contribution < 1.29 is 23.0 Å². The van der Waals surface area contributed by atoms with Gasteiger partial charge in [0.25, 0.3) is 0 Å². The Bertz CT molecular complexity index is 1230. The zero-order valence-corrected chi connectivity index (χ0v) is 15.9. The summed E-state index contributed by atoms with van der Waals surface area (Å²) < 4.78 is 39.9. The molecule has 0 bridgehead atoms. The fraction of sp³-hybridized carbons (Fsp3) is 0.0870. The van der Waals surface area contributed by atoms with E-state index in [-0.39, 0.29) is 23.8 Å². The molecule has 150 valence electrons. The van der Waals surface area contributed by atoms with Crippen molar-refractivity contribution in [2.24, 2.45) is 0 Å². The van der Waals surface area contributed by atoms with Crippen LogP contribution in [0.4, 0.5) is 8.78 Å². The molecule has 7 heteroatoms. The molecule has 0 aliphatic carbocycles. The molecule has 0 N–H and O–H groups in total. The number of rotatable bonds is 6. The standard InChI is InChI=1S/C23H16F2N2O3/c1-29-20-12-26-17-9-7-15(11-18(17)27-20)23(28)21-16(24)8-10-19(22(21)25)30-13-14-5-3-2-4-6-14/h2-12H,13H2,1H3. The highest BCUT2D eigenvalue weighted by Crippen LogP contribution is 2.27. The number of fused-ring (bicyclic) bond motifs is 1. The number of benzene rings is 3. The molecule has 0 fully saturated rings. The number of methoxy groups -OCH3 is 1. The smallest absolute Gasteiger partial charge is 0.232 e. The summed E-state index contributed by atoms with van der Waals surface area (Å²) in [5.74, 6) is -2.78. The van der Waals surface area contributed by atoms with Crippen LogP contribution >= 0.6 is 0 Å². The monoisotopic (exact) mass is 406 g/mol. The zero-order valence-electron chi connectivity index (χ0n) is 15.9. The van der Waals surface area contributed by atoms with Crippen molar-refractivity contribution >= 4 is 16.8 Å². The molecule has 1 heterocycles. The molecule has 0 aliphatic rings. The predicted molar refractivity (Wildman–Crippen MR) is 107 cm³/mol. The van der Waals surface area contributed by atoms with E-state index in [1.807, 2.05) is 30.3 Å². The van der Waals surface area contributed by atoms with Gasteiger partial charge in [-0.2, -0.15) is 0 Å². The van der Waals surface area contributed by atoms with E-state index in [1.165, 1.54) is 31.5 Å². The van der Waals surface area contributed by atoms with E-state index < -0.39 is 23.0 Å². The molecule has 0 spiro atoms. The lowest BCUT2D eigenvalue weighted by atomic mass is 10.0. The van der Waals surface area contributed by atoms with Crippen molar-refractivity contribution in [1.82, 2.24) is 9.97 Å². The Labute approximate surface area is 170 Å². The molecule has 1 aromatic heterocycles. The van der Waals surface area contributed by atoms with Crippen LogP contribution in [0, 0.1) is 11.6 Å². The zero-order chi connectivity index (χ0) is 21.1. The van der Waals surface area contributed by atoms with Crippen LogP contribution in [0.15, 0.2) is 66.9 Å². The van der Waals surface area contributed by atoms with Crippen molar-refractivity contribution in [3.63, 3.8) is 0 Å². The van der Waals surface area contributed by atoms with Crippen LogP contribution in [-0.4, -0.2) is 22.9 Å². The first-order valence-corrected chi connectivity index (χ1v) is 9.07. The van der Waals surface area contributed by atoms with Gasteiger partial charge in [-0.05, 0) is 35.9 Å². The van der Waals surface area contributed by atoms with E-state index in [0.29, 0.717) is 11.0 Å². The first-order valence-electron chi connectivity index (χ1n) is 9.07. The number of ether oxygens (including phenoxy) is 2. The van der Waals surface area contributed by atoms with Crippen LogP contribution in [0.1, 0.15) is 21.5 Å². The number of hydrogen-bond donors (Lipinski definition) is 0. The van der Waals surface area contributed by atoms with E-state index in [9.17, 15) is 13.6 Å². The minimum Gasteiger partial charge on any atom is -0.486 e. The fourth-order valence-electron chi connectivity index (χ4n) is 2.97. The van der Waals surface area contributed by atoms with Crippen LogP contribution in [0.2, 0.25) is 0 Å². The summed E-state index contributed by atoms with van der Waals surface area (Å²) in [5.41, 5.74) is 1.10. The molecule has 0 amide bonds. The van der Waals surface area contributed by atoms with Gasteiger partial charge < -0.3 is 9.47 Å². The second kappa shape index (κ2) is 8.24. The summed E-state index contributed by atoms with van der Waals surface area (Å²) in [5, 5.41) is 0. The first kappa shape index (κ1) is 19.4. The van der Waals surface area contributed by atoms with Gasteiger partial charge in [-0.15, -0.1) is 0 Å². The summed E-state index contributed by atoms with van der Waals surface area (Å²) in [6, 6.07) is 15.7. The third-order valence-corrected chi connectivity index (χ3v) is 4.51. The number of nitrogens with zero attached hydrogens (tertiary/aromatic N) is 2. The Morgan fingerprint density at radius 1 is 1.00 bits per heavy atom. The minimum absolute atomic E-state index is 0.0723. The molecule has 0 saturated carbocycles. The molecule has 30 heavy (non-hydrogen) atoms. The number of carbonyl (C=O) groups excluding carboxylic acids is 1. The quantitative estimate of drug-likeness (QED) is 0.434. The lowest BCUT2D eigenvalue weighted by Gasteiger charge is -2.11. The van der Waals surface area contributed by atoms with E-state index >= 15 is 0 Å². The molecule has 0 radical (unpaired) electrons. The van der Waals surface area contributed by atoms with Crippen molar-refractivity contribution in [3.05, 3.63) is 95.2 Å². The van der Waals surface area contributed by atoms with Crippen LogP contribution in [0.3, 0.4) is 0 Å². The Morgan fingerprint density at radius 3 is 2.57 bits per heavy atom. The topological polar surface area (TPSA) is 61.3 Å². The summed E-state index contributed by atoms with van der Waals surface area (Å²) in [6.45, 7) is 0.0857. The molecule has 3 aromatic carbocycles. The third kappa shape index (κ3) is 3.82. The van der Waals surface area contributed by atoms with Gasteiger partial charge in [-0.3, -0.25) is 4.79 Å². The molecular weight excluding hydrogens is 390 g/mol. The molecular formula is C23H16F2N2O3.